The van der Waals surface area contributed by atoms with Gasteiger partial charge < -0.3 is 4.90 Å². The Morgan fingerprint density at radius 3 is 2.09 bits per heavy atom. The van der Waals surface area contributed by atoms with Gasteiger partial charge in [0.05, 0.1) is 0 Å². The maximum atomic E-state index is 12.3. The third-order valence-electron chi connectivity index (χ3n) is 3.50. The van der Waals surface area contributed by atoms with Crippen molar-refractivity contribution in [3.05, 3.63) is 47.7 Å². The number of allylic oxidation sites excluding steroid dienone is 1. The number of carbonyl (C=O) groups is 1. The van der Waals surface area contributed by atoms with Crippen LogP contribution in [0.5, 0.6) is 0 Å². The van der Waals surface area contributed by atoms with Crippen molar-refractivity contribution in [1.82, 2.24) is 4.90 Å². The van der Waals surface area contributed by atoms with Crippen LogP contribution in [-0.4, -0.2) is 23.8 Å². The average Bonchev–Trinajstić information content (AvgIpc) is 2.44. The highest BCUT2D eigenvalue weighted by atomic mass is 16.1. The normalized spacial score (nSPS) is 12.0. The molecule has 0 radical (unpaired) electrons. The van der Waals surface area contributed by atoms with Gasteiger partial charge in [0, 0.05) is 31.3 Å². The Balaban J connectivity index is 2.61. The summed E-state index contributed by atoms with van der Waals surface area (Å²) in [5.74, 6) is 1.45. The van der Waals surface area contributed by atoms with Crippen LogP contribution in [0.3, 0.4) is 0 Å². The van der Waals surface area contributed by atoms with Crippen LogP contribution in [0.4, 0.5) is 0 Å². The molecular weight excluding hydrogens is 270 g/mol. The predicted molar refractivity (Wildman–Crippen MR) is 94.8 cm³/mol. The first-order valence-electron chi connectivity index (χ1n) is 8.38. The van der Waals surface area contributed by atoms with E-state index in [0.717, 1.165) is 25.1 Å². The van der Waals surface area contributed by atoms with Crippen molar-refractivity contribution in [2.75, 3.05) is 13.1 Å². The van der Waals surface area contributed by atoms with Crippen molar-refractivity contribution < 1.29 is 4.79 Å². The van der Waals surface area contributed by atoms with Crippen LogP contribution in [0, 0.1) is 11.8 Å². The summed E-state index contributed by atoms with van der Waals surface area (Å²) >= 11 is 0. The summed E-state index contributed by atoms with van der Waals surface area (Å²) < 4.78 is 0. The molecule has 1 aromatic rings. The zero-order chi connectivity index (χ0) is 16.5. The molecule has 0 saturated carbocycles. The zero-order valence-electron chi connectivity index (χ0n) is 14.8. The van der Waals surface area contributed by atoms with Crippen molar-refractivity contribution in [3.63, 3.8) is 0 Å². The highest BCUT2D eigenvalue weighted by Gasteiger charge is 2.10. The first kappa shape index (κ1) is 18.5. The standard InChI is InChI=1S/C20H31NO/c1-16(2)13-21(14-17(3)4)15-18(5)20(22)12-11-19-9-7-6-8-10-19/h6-10,15-17H,11-14H2,1-5H3. The first-order valence-corrected chi connectivity index (χ1v) is 8.38. The fraction of sp³-hybridized carbons (Fsp3) is 0.550. The van der Waals surface area contributed by atoms with E-state index in [1.807, 2.05) is 25.1 Å². The summed E-state index contributed by atoms with van der Waals surface area (Å²) in [6.45, 7) is 12.8. The third-order valence-corrected chi connectivity index (χ3v) is 3.50. The quantitative estimate of drug-likeness (QED) is 0.616. The largest absolute Gasteiger partial charge is 0.377 e. The van der Waals surface area contributed by atoms with Gasteiger partial charge in [-0.25, -0.2) is 0 Å². The number of Topliss-reactive ketones (excluding diaryl/α,β-unsaturated/α-hetero) is 1. The van der Waals surface area contributed by atoms with Gasteiger partial charge in [0.2, 0.25) is 0 Å². The van der Waals surface area contributed by atoms with Gasteiger partial charge >= 0.3 is 0 Å². The molecule has 2 nitrogen and oxygen atoms in total. The molecule has 0 aliphatic heterocycles. The van der Waals surface area contributed by atoms with Crippen LogP contribution in [0.25, 0.3) is 0 Å². The topological polar surface area (TPSA) is 20.3 Å². The molecule has 0 aliphatic rings. The molecule has 0 fully saturated rings. The SMILES string of the molecule is CC(=CN(CC(C)C)CC(C)C)C(=O)CCc1ccccc1. The summed E-state index contributed by atoms with van der Waals surface area (Å²) in [5, 5.41) is 0. The molecule has 1 aromatic carbocycles. The van der Waals surface area contributed by atoms with Crippen LogP contribution in [0.1, 0.15) is 46.6 Å². The first-order chi connectivity index (χ1) is 10.4. The molecule has 0 aliphatic carbocycles. The number of aryl methyl sites for hydroxylation is 1. The van der Waals surface area contributed by atoms with Crippen LogP contribution >= 0.6 is 0 Å². The van der Waals surface area contributed by atoms with E-state index in [4.69, 9.17) is 0 Å². The van der Waals surface area contributed by atoms with Gasteiger partial charge in [-0.3, -0.25) is 4.79 Å². The van der Waals surface area contributed by atoms with Gasteiger partial charge in [-0.1, -0.05) is 58.0 Å². The second-order valence-electron chi connectivity index (χ2n) is 6.96. The van der Waals surface area contributed by atoms with Crippen molar-refractivity contribution in [2.45, 2.75) is 47.5 Å². The Hall–Kier alpha value is -1.57. The van der Waals surface area contributed by atoms with Crippen molar-refractivity contribution in [1.29, 1.82) is 0 Å². The molecule has 1 rings (SSSR count). The fourth-order valence-corrected chi connectivity index (χ4v) is 2.56. The van der Waals surface area contributed by atoms with Gasteiger partial charge in [-0.05, 0) is 30.7 Å². The second-order valence-corrected chi connectivity index (χ2v) is 6.96. The Labute approximate surface area is 136 Å². The van der Waals surface area contributed by atoms with E-state index in [1.165, 1.54) is 5.56 Å². The molecule has 2 heteroatoms. The van der Waals surface area contributed by atoms with Crippen molar-refractivity contribution >= 4 is 5.78 Å². The Bertz CT molecular complexity index is 464. The minimum atomic E-state index is 0.251. The van der Waals surface area contributed by atoms with E-state index in [2.05, 4.69) is 50.9 Å². The Morgan fingerprint density at radius 2 is 1.59 bits per heavy atom. The summed E-state index contributed by atoms with van der Waals surface area (Å²) in [5.41, 5.74) is 2.10. The smallest absolute Gasteiger partial charge is 0.160 e. The molecule has 0 N–H and O–H groups in total. The number of hydrogen-bond donors (Lipinski definition) is 0. The van der Waals surface area contributed by atoms with Gasteiger partial charge in [-0.2, -0.15) is 0 Å². The van der Waals surface area contributed by atoms with Gasteiger partial charge in [0.25, 0.3) is 0 Å². The van der Waals surface area contributed by atoms with Crippen LogP contribution in [0.15, 0.2) is 42.1 Å². The molecule has 122 valence electrons. The highest BCUT2D eigenvalue weighted by molar-refractivity contribution is 5.94. The average molecular weight is 301 g/mol. The molecule has 0 spiro atoms. The second kappa shape index (κ2) is 9.45. The van der Waals surface area contributed by atoms with E-state index < -0.39 is 0 Å². The van der Waals surface area contributed by atoms with Gasteiger partial charge in [-0.15, -0.1) is 0 Å². The fourth-order valence-electron chi connectivity index (χ4n) is 2.56. The van der Waals surface area contributed by atoms with E-state index in [-0.39, 0.29) is 5.78 Å². The predicted octanol–water partition coefficient (Wildman–Crippen LogP) is 4.71. The molecule has 0 unspecified atom stereocenters. The molecule has 0 atom stereocenters. The van der Waals surface area contributed by atoms with Crippen molar-refractivity contribution in [2.24, 2.45) is 11.8 Å². The number of rotatable bonds is 9. The molecule has 0 heterocycles. The van der Waals surface area contributed by atoms with E-state index in [9.17, 15) is 4.79 Å². The third kappa shape index (κ3) is 7.44. The molecule has 0 bridgehead atoms. The Morgan fingerprint density at radius 1 is 1.05 bits per heavy atom. The maximum absolute atomic E-state index is 12.3. The van der Waals surface area contributed by atoms with E-state index >= 15 is 0 Å². The highest BCUT2D eigenvalue weighted by Crippen LogP contribution is 2.10. The van der Waals surface area contributed by atoms with Crippen LogP contribution in [0.2, 0.25) is 0 Å². The zero-order valence-corrected chi connectivity index (χ0v) is 14.8. The number of carbonyl (C=O) groups excluding carboxylic acids is 1. The molecule has 0 amide bonds. The minimum absolute atomic E-state index is 0.251. The number of ketones is 1. The van der Waals surface area contributed by atoms with E-state index in [1.54, 1.807) is 0 Å². The summed E-state index contributed by atoms with van der Waals surface area (Å²) in [4.78, 5) is 14.6. The van der Waals surface area contributed by atoms with E-state index in [0.29, 0.717) is 18.3 Å². The summed E-state index contributed by atoms with van der Waals surface area (Å²) in [6, 6.07) is 10.2. The molecular formula is C20H31NO. The number of benzene rings is 1. The lowest BCUT2D eigenvalue weighted by Crippen LogP contribution is -2.27. The lowest BCUT2D eigenvalue weighted by Gasteiger charge is -2.25. The van der Waals surface area contributed by atoms with Gasteiger partial charge in [0.15, 0.2) is 5.78 Å². The molecule has 22 heavy (non-hydrogen) atoms. The number of nitrogens with zero attached hydrogens (tertiary/aromatic N) is 1. The van der Waals surface area contributed by atoms with Crippen LogP contribution in [-0.2, 0) is 11.2 Å². The summed E-state index contributed by atoms with van der Waals surface area (Å²) in [6.07, 6.45) is 3.47. The Kier molecular flexibility index (Phi) is 7.94. The van der Waals surface area contributed by atoms with Gasteiger partial charge in [0.1, 0.15) is 0 Å². The number of hydrogen-bond acceptors (Lipinski definition) is 2. The molecule has 0 saturated heterocycles. The van der Waals surface area contributed by atoms with Crippen LogP contribution < -0.4 is 0 Å². The lowest BCUT2D eigenvalue weighted by atomic mass is 10.0. The molecule has 0 aromatic heterocycles. The summed E-state index contributed by atoms with van der Waals surface area (Å²) in [7, 11) is 0. The lowest BCUT2D eigenvalue weighted by molar-refractivity contribution is -0.115. The minimum Gasteiger partial charge on any atom is -0.377 e. The van der Waals surface area contributed by atoms with Crippen molar-refractivity contribution in [3.8, 4) is 0 Å². The maximum Gasteiger partial charge on any atom is 0.160 e. The monoisotopic (exact) mass is 301 g/mol.